The number of amides is 3. The van der Waals surface area contributed by atoms with Crippen LogP contribution in [0.15, 0.2) is 18.2 Å². The van der Waals surface area contributed by atoms with Gasteiger partial charge in [0.05, 0.1) is 22.6 Å². The highest BCUT2D eigenvalue weighted by atomic mass is 35.5. The van der Waals surface area contributed by atoms with Gasteiger partial charge in [-0.05, 0) is 61.6 Å². The quantitative estimate of drug-likeness (QED) is 0.661. The molecule has 7 nitrogen and oxygen atoms in total. The summed E-state index contributed by atoms with van der Waals surface area (Å²) in [5, 5.41) is 4.44. The molecule has 2 heterocycles. The summed E-state index contributed by atoms with van der Waals surface area (Å²) in [4.78, 5) is 43.1. The van der Waals surface area contributed by atoms with Gasteiger partial charge in [-0.3, -0.25) is 19.7 Å². The van der Waals surface area contributed by atoms with Gasteiger partial charge in [-0.2, -0.15) is 0 Å². The van der Waals surface area contributed by atoms with Gasteiger partial charge in [0, 0.05) is 39.6 Å². The molecule has 0 radical (unpaired) electrons. The van der Waals surface area contributed by atoms with Gasteiger partial charge in [-0.15, -0.1) is 0 Å². The number of carbonyl (C=O) groups is 3. The lowest BCUT2D eigenvalue weighted by Gasteiger charge is -2.46. The normalized spacial score (nSPS) is 25.8. The first-order valence-electron chi connectivity index (χ1n) is 12.2. The first kappa shape index (κ1) is 25.3. The standard InChI is InChI=1S/C25H34Cl2N4O3/c1-16(32)30-9-7-18(8-10-30)19-4-6-23-20(12-19)25(34)31(15-28-23)14-24(33)29(2)13-17-3-5-21(26)22(27)11-17/h3,5,11,18-20,23,28H,4,6-10,12-15H2,1-2H3. The summed E-state index contributed by atoms with van der Waals surface area (Å²) < 4.78 is 0. The van der Waals surface area contributed by atoms with E-state index in [1.54, 1.807) is 35.9 Å². The summed E-state index contributed by atoms with van der Waals surface area (Å²) in [5.41, 5.74) is 0.888. The molecule has 0 spiro atoms. The van der Waals surface area contributed by atoms with Crippen molar-refractivity contribution in [2.75, 3.05) is 33.4 Å². The average Bonchev–Trinajstić information content (AvgIpc) is 2.83. The Bertz CT molecular complexity index is 935. The Labute approximate surface area is 211 Å². The van der Waals surface area contributed by atoms with E-state index in [1.165, 1.54) is 0 Å². The van der Waals surface area contributed by atoms with Crippen molar-refractivity contribution in [3.05, 3.63) is 33.8 Å². The van der Waals surface area contributed by atoms with E-state index in [9.17, 15) is 14.4 Å². The van der Waals surface area contributed by atoms with Crippen LogP contribution in [-0.4, -0.2) is 71.8 Å². The number of likely N-dealkylation sites (N-methyl/N-ethyl adjacent to an activating group) is 1. The zero-order valence-corrected chi connectivity index (χ0v) is 21.4. The molecule has 3 fully saturated rings. The Morgan fingerprint density at radius 3 is 2.50 bits per heavy atom. The van der Waals surface area contributed by atoms with Gasteiger partial charge in [-0.1, -0.05) is 29.3 Å². The van der Waals surface area contributed by atoms with Crippen LogP contribution < -0.4 is 5.32 Å². The second kappa shape index (κ2) is 10.8. The summed E-state index contributed by atoms with van der Waals surface area (Å²) in [6.45, 7) is 4.15. The van der Waals surface area contributed by atoms with Crippen molar-refractivity contribution in [2.45, 2.75) is 51.6 Å². The van der Waals surface area contributed by atoms with Crippen LogP contribution >= 0.6 is 23.2 Å². The second-order valence-corrected chi connectivity index (χ2v) is 10.8. The Morgan fingerprint density at radius 1 is 1.09 bits per heavy atom. The highest BCUT2D eigenvalue weighted by molar-refractivity contribution is 6.42. The minimum atomic E-state index is -0.108. The number of carbonyl (C=O) groups excluding carboxylic acids is 3. The van der Waals surface area contributed by atoms with Gasteiger partial charge in [0.15, 0.2) is 0 Å². The van der Waals surface area contributed by atoms with Crippen molar-refractivity contribution in [3.63, 3.8) is 0 Å². The molecule has 1 aliphatic carbocycles. The number of hydrogen-bond donors (Lipinski definition) is 1. The number of benzene rings is 1. The van der Waals surface area contributed by atoms with Gasteiger partial charge in [0.2, 0.25) is 17.7 Å². The largest absolute Gasteiger partial charge is 0.343 e. The molecule has 3 aliphatic rings. The monoisotopic (exact) mass is 508 g/mol. The Morgan fingerprint density at radius 2 is 1.82 bits per heavy atom. The van der Waals surface area contributed by atoms with E-state index >= 15 is 0 Å². The van der Waals surface area contributed by atoms with E-state index in [4.69, 9.17) is 23.2 Å². The van der Waals surface area contributed by atoms with E-state index in [0.29, 0.717) is 35.1 Å². The van der Waals surface area contributed by atoms with Crippen LogP contribution in [0.5, 0.6) is 0 Å². The molecule has 2 saturated heterocycles. The maximum atomic E-state index is 13.4. The Kier molecular flexibility index (Phi) is 8.05. The SMILES string of the molecule is CC(=O)N1CCC(C2CCC3NCN(CC(=O)N(C)Cc4ccc(Cl)c(Cl)c4)C(=O)C3C2)CC1. The van der Waals surface area contributed by atoms with Crippen LogP contribution in [0.2, 0.25) is 10.0 Å². The Balaban J connectivity index is 1.31. The van der Waals surface area contributed by atoms with E-state index in [0.717, 1.165) is 50.8 Å². The van der Waals surface area contributed by atoms with E-state index in [-0.39, 0.29) is 36.2 Å². The predicted octanol–water partition coefficient (Wildman–Crippen LogP) is 3.38. The minimum absolute atomic E-state index is 0.0640. The molecule has 186 valence electrons. The predicted molar refractivity (Wildman–Crippen MR) is 132 cm³/mol. The van der Waals surface area contributed by atoms with E-state index < -0.39 is 0 Å². The van der Waals surface area contributed by atoms with Gasteiger partial charge in [0.25, 0.3) is 0 Å². The van der Waals surface area contributed by atoms with Crippen molar-refractivity contribution >= 4 is 40.9 Å². The van der Waals surface area contributed by atoms with Gasteiger partial charge in [-0.25, -0.2) is 0 Å². The number of halogens is 2. The minimum Gasteiger partial charge on any atom is -0.343 e. The molecule has 9 heteroatoms. The van der Waals surface area contributed by atoms with Crippen molar-refractivity contribution < 1.29 is 14.4 Å². The molecular weight excluding hydrogens is 475 g/mol. The van der Waals surface area contributed by atoms with Crippen molar-refractivity contribution in [2.24, 2.45) is 17.8 Å². The van der Waals surface area contributed by atoms with E-state index in [2.05, 4.69) is 5.32 Å². The van der Waals surface area contributed by atoms with Crippen molar-refractivity contribution in [1.82, 2.24) is 20.0 Å². The first-order valence-corrected chi connectivity index (χ1v) is 12.9. The lowest BCUT2D eigenvalue weighted by Crippen LogP contribution is -2.60. The topological polar surface area (TPSA) is 73.0 Å². The maximum Gasteiger partial charge on any atom is 0.242 e. The lowest BCUT2D eigenvalue weighted by atomic mass is 9.69. The molecule has 0 aromatic heterocycles. The third-order valence-electron chi connectivity index (χ3n) is 7.87. The summed E-state index contributed by atoms with van der Waals surface area (Å²) >= 11 is 12.1. The fourth-order valence-electron chi connectivity index (χ4n) is 5.79. The number of nitrogens with zero attached hydrogens (tertiary/aromatic N) is 3. The molecule has 34 heavy (non-hydrogen) atoms. The number of nitrogens with one attached hydrogen (secondary N) is 1. The molecule has 1 aromatic carbocycles. The zero-order chi connectivity index (χ0) is 24.4. The third-order valence-corrected chi connectivity index (χ3v) is 8.61. The molecule has 2 aliphatic heterocycles. The highest BCUT2D eigenvalue weighted by Crippen LogP contribution is 2.40. The molecule has 1 aromatic rings. The average molecular weight is 509 g/mol. The van der Waals surface area contributed by atoms with Crippen LogP contribution in [0.3, 0.4) is 0 Å². The summed E-state index contributed by atoms with van der Waals surface area (Å²) in [6.07, 6.45) is 5.02. The van der Waals surface area contributed by atoms with Gasteiger partial charge >= 0.3 is 0 Å². The summed E-state index contributed by atoms with van der Waals surface area (Å²) in [7, 11) is 1.74. The molecular formula is C25H34Cl2N4O3. The maximum absolute atomic E-state index is 13.4. The molecule has 3 amide bonds. The number of fused-ring (bicyclic) bond motifs is 1. The van der Waals surface area contributed by atoms with Gasteiger partial charge < -0.3 is 14.7 Å². The molecule has 4 rings (SSSR count). The highest BCUT2D eigenvalue weighted by Gasteiger charge is 2.43. The lowest BCUT2D eigenvalue weighted by molar-refractivity contribution is -0.148. The van der Waals surface area contributed by atoms with Crippen LogP contribution in [0.4, 0.5) is 0 Å². The van der Waals surface area contributed by atoms with Crippen LogP contribution in [0, 0.1) is 17.8 Å². The molecule has 1 saturated carbocycles. The van der Waals surface area contributed by atoms with Crippen molar-refractivity contribution in [1.29, 1.82) is 0 Å². The van der Waals surface area contributed by atoms with E-state index in [1.807, 2.05) is 11.0 Å². The molecule has 0 bridgehead atoms. The summed E-state index contributed by atoms with van der Waals surface area (Å²) in [5.74, 6) is 1.13. The third kappa shape index (κ3) is 5.69. The number of hydrogen-bond acceptors (Lipinski definition) is 4. The first-order chi connectivity index (χ1) is 16.2. The fourth-order valence-corrected chi connectivity index (χ4v) is 6.11. The van der Waals surface area contributed by atoms with Crippen LogP contribution in [0.1, 0.15) is 44.6 Å². The number of rotatable bonds is 5. The van der Waals surface area contributed by atoms with Crippen molar-refractivity contribution in [3.8, 4) is 0 Å². The molecule has 1 N–H and O–H groups in total. The van der Waals surface area contributed by atoms with Crippen LogP contribution in [-0.2, 0) is 20.9 Å². The summed E-state index contributed by atoms with van der Waals surface area (Å²) in [6, 6.07) is 5.52. The molecule has 3 unspecified atom stereocenters. The molecule has 3 atom stereocenters. The fraction of sp³-hybridized carbons (Fsp3) is 0.640. The number of likely N-dealkylation sites (tertiary alicyclic amines) is 1. The second-order valence-electron chi connectivity index (χ2n) is 10.0. The Hall–Kier alpha value is -1.83. The van der Waals surface area contributed by atoms with Crippen LogP contribution in [0.25, 0.3) is 0 Å². The zero-order valence-electron chi connectivity index (χ0n) is 19.9. The van der Waals surface area contributed by atoms with Gasteiger partial charge in [0.1, 0.15) is 6.54 Å². The smallest absolute Gasteiger partial charge is 0.242 e. The number of piperidine rings is 1.